The number of nitrogens with one attached hydrogen (secondary N) is 1. The van der Waals surface area contributed by atoms with E-state index in [1.807, 2.05) is 48.5 Å². The lowest BCUT2D eigenvalue weighted by Gasteiger charge is -2.11. The molecule has 0 radical (unpaired) electrons. The van der Waals surface area contributed by atoms with Crippen molar-refractivity contribution >= 4 is 45.7 Å². The molecular weight excluding hydrogens is 392 g/mol. The summed E-state index contributed by atoms with van der Waals surface area (Å²) in [6, 6.07) is 16.5. The molecule has 4 rings (SSSR count). The number of carbonyl (C=O) groups excluding carboxylic acids is 2. The van der Waals surface area contributed by atoms with Crippen LogP contribution in [0.2, 0.25) is 0 Å². The normalized spacial score (nSPS) is 12.2. The van der Waals surface area contributed by atoms with Crippen molar-refractivity contribution in [1.82, 2.24) is 10.3 Å². The van der Waals surface area contributed by atoms with Crippen LogP contribution in [0.3, 0.4) is 0 Å². The highest BCUT2D eigenvalue weighted by molar-refractivity contribution is 7.99. The number of para-hydroxylation sites is 3. The molecule has 0 aliphatic rings. The Morgan fingerprint density at radius 2 is 1.86 bits per heavy atom. The Kier molecular flexibility index (Phi) is 5.53. The second-order valence-electron chi connectivity index (χ2n) is 6.37. The van der Waals surface area contributed by atoms with E-state index in [2.05, 4.69) is 10.3 Å². The van der Waals surface area contributed by atoms with Gasteiger partial charge in [0.15, 0.2) is 12.2 Å². The summed E-state index contributed by atoms with van der Waals surface area (Å²) in [7, 11) is 0. The molecule has 0 unspecified atom stereocenters. The van der Waals surface area contributed by atoms with E-state index >= 15 is 0 Å². The number of hydrogen-bond donors (Lipinski definition) is 1. The van der Waals surface area contributed by atoms with Gasteiger partial charge in [-0.05, 0) is 31.2 Å². The topological polar surface area (TPSA) is 94.6 Å². The fraction of sp³-hybridized carbons (Fsp3) is 0.190. The van der Waals surface area contributed by atoms with Crippen LogP contribution in [0.5, 0.6) is 0 Å². The van der Waals surface area contributed by atoms with E-state index in [0.29, 0.717) is 16.6 Å². The Bertz CT molecular complexity index is 1100. The number of nitrogens with zero attached hydrogens (tertiary/aromatic N) is 1. The van der Waals surface area contributed by atoms with Gasteiger partial charge in [0.05, 0.1) is 6.04 Å². The summed E-state index contributed by atoms with van der Waals surface area (Å²) in [5.74, 6) is -0.293. The first-order chi connectivity index (χ1) is 14.1. The van der Waals surface area contributed by atoms with Crippen molar-refractivity contribution in [1.29, 1.82) is 0 Å². The minimum absolute atomic E-state index is 0.000765. The highest BCUT2D eigenvalue weighted by atomic mass is 32.2. The van der Waals surface area contributed by atoms with Gasteiger partial charge in [0.1, 0.15) is 22.6 Å². The van der Waals surface area contributed by atoms with Gasteiger partial charge in [-0.2, -0.15) is 0 Å². The van der Waals surface area contributed by atoms with Gasteiger partial charge in [0, 0.05) is 5.39 Å². The van der Waals surface area contributed by atoms with Crippen LogP contribution in [0, 0.1) is 0 Å². The molecule has 8 heteroatoms. The summed E-state index contributed by atoms with van der Waals surface area (Å²) in [6.07, 6.45) is 0. The lowest BCUT2D eigenvalue weighted by Crippen LogP contribution is -2.31. The molecule has 4 aromatic rings. The van der Waals surface area contributed by atoms with Crippen LogP contribution in [0.25, 0.3) is 22.1 Å². The summed E-state index contributed by atoms with van der Waals surface area (Å²) in [4.78, 5) is 28.2. The maximum atomic E-state index is 12.1. The number of esters is 1. The second-order valence-corrected chi connectivity index (χ2v) is 7.30. The van der Waals surface area contributed by atoms with Gasteiger partial charge in [0.25, 0.3) is 11.1 Å². The quantitative estimate of drug-likeness (QED) is 0.362. The summed E-state index contributed by atoms with van der Waals surface area (Å²) >= 11 is 1.12. The zero-order chi connectivity index (χ0) is 20.2. The molecule has 1 amide bonds. The van der Waals surface area contributed by atoms with Gasteiger partial charge in [-0.25, -0.2) is 4.98 Å². The van der Waals surface area contributed by atoms with Crippen LogP contribution in [0.1, 0.15) is 18.7 Å². The third-order valence-electron chi connectivity index (χ3n) is 4.20. The minimum atomic E-state index is -0.524. The fourth-order valence-electron chi connectivity index (χ4n) is 2.79. The predicted octanol–water partition coefficient (Wildman–Crippen LogP) is 4.09. The number of furan rings is 1. The molecular formula is C21H18N2O5S. The van der Waals surface area contributed by atoms with Crippen molar-refractivity contribution in [3.05, 3.63) is 60.4 Å². The van der Waals surface area contributed by atoms with E-state index in [9.17, 15) is 9.59 Å². The average Bonchev–Trinajstić information content (AvgIpc) is 3.34. The van der Waals surface area contributed by atoms with Crippen molar-refractivity contribution in [3.8, 4) is 0 Å². The molecule has 0 aliphatic carbocycles. The maximum Gasteiger partial charge on any atom is 0.316 e. The maximum absolute atomic E-state index is 12.1. The van der Waals surface area contributed by atoms with Gasteiger partial charge in [-0.1, -0.05) is 42.1 Å². The number of ether oxygens (including phenoxy) is 1. The van der Waals surface area contributed by atoms with Crippen molar-refractivity contribution in [2.24, 2.45) is 0 Å². The Morgan fingerprint density at radius 1 is 1.10 bits per heavy atom. The van der Waals surface area contributed by atoms with Gasteiger partial charge in [-0.3, -0.25) is 9.59 Å². The zero-order valence-corrected chi connectivity index (χ0v) is 16.4. The SMILES string of the molecule is C[C@H](NC(=O)COC(=O)CSc1nc2ccccc2o1)c1cc2ccccc2o1. The van der Waals surface area contributed by atoms with Crippen molar-refractivity contribution in [3.63, 3.8) is 0 Å². The molecule has 1 N–H and O–H groups in total. The second kappa shape index (κ2) is 8.40. The van der Waals surface area contributed by atoms with Crippen LogP contribution in [0.15, 0.2) is 68.7 Å². The lowest BCUT2D eigenvalue weighted by molar-refractivity contribution is -0.146. The molecule has 0 spiro atoms. The predicted molar refractivity (Wildman–Crippen MR) is 108 cm³/mol. The summed E-state index contributed by atoms with van der Waals surface area (Å²) in [5.41, 5.74) is 2.14. The van der Waals surface area contributed by atoms with E-state index < -0.39 is 11.9 Å². The van der Waals surface area contributed by atoms with E-state index in [1.54, 1.807) is 13.0 Å². The van der Waals surface area contributed by atoms with Crippen LogP contribution in [-0.4, -0.2) is 29.2 Å². The molecule has 0 saturated heterocycles. The first-order valence-electron chi connectivity index (χ1n) is 9.00. The van der Waals surface area contributed by atoms with Gasteiger partial charge in [0.2, 0.25) is 0 Å². The Balaban J connectivity index is 1.23. The van der Waals surface area contributed by atoms with Crippen molar-refractivity contribution < 1.29 is 23.2 Å². The Morgan fingerprint density at radius 3 is 2.66 bits per heavy atom. The molecule has 148 valence electrons. The number of thioether (sulfide) groups is 1. The molecule has 29 heavy (non-hydrogen) atoms. The van der Waals surface area contributed by atoms with Crippen LogP contribution in [-0.2, 0) is 14.3 Å². The van der Waals surface area contributed by atoms with Crippen molar-refractivity contribution in [2.45, 2.75) is 18.2 Å². The van der Waals surface area contributed by atoms with Crippen LogP contribution < -0.4 is 5.32 Å². The third kappa shape index (κ3) is 4.60. The van der Waals surface area contributed by atoms with Crippen LogP contribution >= 0.6 is 11.8 Å². The van der Waals surface area contributed by atoms with Gasteiger partial charge >= 0.3 is 5.97 Å². The minimum Gasteiger partial charge on any atom is -0.459 e. The van der Waals surface area contributed by atoms with Crippen molar-refractivity contribution in [2.75, 3.05) is 12.4 Å². The molecule has 2 aromatic carbocycles. The molecule has 1 atom stereocenters. The fourth-order valence-corrected chi connectivity index (χ4v) is 3.43. The summed E-state index contributed by atoms with van der Waals surface area (Å²) < 4.78 is 16.3. The number of rotatable bonds is 7. The average molecular weight is 410 g/mol. The molecule has 7 nitrogen and oxygen atoms in total. The highest BCUT2D eigenvalue weighted by Gasteiger charge is 2.16. The van der Waals surface area contributed by atoms with E-state index in [0.717, 1.165) is 28.2 Å². The molecule has 2 aromatic heterocycles. The van der Waals surface area contributed by atoms with Gasteiger partial charge < -0.3 is 18.9 Å². The highest BCUT2D eigenvalue weighted by Crippen LogP contribution is 2.24. The summed E-state index contributed by atoms with van der Waals surface area (Å²) in [5, 5.41) is 4.10. The molecule has 0 bridgehead atoms. The van der Waals surface area contributed by atoms with Crippen LogP contribution in [0.4, 0.5) is 0 Å². The first-order valence-corrected chi connectivity index (χ1v) is 9.99. The number of benzene rings is 2. The standard InChI is InChI=1S/C21H18N2O5S/c1-13(18-10-14-6-2-4-8-16(14)27-18)22-19(24)11-26-20(25)12-29-21-23-15-7-3-5-9-17(15)28-21/h2-10,13H,11-12H2,1H3,(H,22,24)/t13-/m0/s1. The molecule has 0 saturated carbocycles. The number of aromatic nitrogens is 1. The number of amides is 1. The molecule has 0 aliphatic heterocycles. The third-order valence-corrected chi connectivity index (χ3v) is 5.00. The largest absolute Gasteiger partial charge is 0.459 e. The molecule has 0 fully saturated rings. The van der Waals surface area contributed by atoms with E-state index in [4.69, 9.17) is 13.6 Å². The smallest absolute Gasteiger partial charge is 0.316 e. The number of carbonyl (C=O) groups is 2. The molecule has 2 heterocycles. The Hall–Kier alpha value is -3.26. The Labute approximate surface area is 170 Å². The van der Waals surface area contributed by atoms with Gasteiger partial charge in [-0.15, -0.1) is 0 Å². The number of fused-ring (bicyclic) bond motifs is 2. The first kappa shape index (κ1) is 19.1. The summed E-state index contributed by atoms with van der Waals surface area (Å²) in [6.45, 7) is 1.44. The zero-order valence-electron chi connectivity index (χ0n) is 15.6. The lowest BCUT2D eigenvalue weighted by atomic mass is 10.2. The van der Waals surface area contributed by atoms with E-state index in [1.165, 1.54) is 0 Å². The number of oxazole rings is 1. The van der Waals surface area contributed by atoms with E-state index in [-0.39, 0.29) is 18.4 Å². The number of hydrogen-bond acceptors (Lipinski definition) is 7. The monoisotopic (exact) mass is 410 g/mol.